The van der Waals surface area contributed by atoms with Crippen molar-refractivity contribution in [3.63, 3.8) is 0 Å². The van der Waals surface area contributed by atoms with E-state index in [0.717, 1.165) is 19.3 Å². The number of carbonyl (C=O) groups excluding carboxylic acids is 1. The van der Waals surface area contributed by atoms with Crippen LogP contribution in [0.5, 0.6) is 0 Å². The molecule has 1 fully saturated rings. The molecule has 1 aliphatic carbocycles. The van der Waals surface area contributed by atoms with Crippen LogP contribution in [0.15, 0.2) is 0 Å². The van der Waals surface area contributed by atoms with E-state index in [0.29, 0.717) is 19.3 Å². The fourth-order valence-electron chi connectivity index (χ4n) is 1.09. The molecule has 1 unspecified atom stereocenters. The Morgan fingerprint density at radius 1 is 1.69 bits per heavy atom. The summed E-state index contributed by atoms with van der Waals surface area (Å²) in [5, 5.41) is 3.15. The summed E-state index contributed by atoms with van der Waals surface area (Å²) in [6, 6.07) is 0.182. The van der Waals surface area contributed by atoms with Crippen molar-refractivity contribution in [1.82, 2.24) is 5.32 Å². The van der Waals surface area contributed by atoms with Crippen LogP contribution in [0.3, 0.4) is 0 Å². The van der Waals surface area contributed by atoms with Gasteiger partial charge >= 0.3 is 0 Å². The minimum Gasteiger partial charge on any atom is -0.379 e. The highest BCUT2D eigenvalue weighted by molar-refractivity contribution is 5.80. The van der Waals surface area contributed by atoms with Crippen molar-refractivity contribution < 1.29 is 9.53 Å². The largest absolute Gasteiger partial charge is 0.379 e. The molecule has 1 atom stereocenters. The summed E-state index contributed by atoms with van der Waals surface area (Å²) >= 11 is 0. The second kappa shape index (κ2) is 5.19. The first-order valence-corrected chi connectivity index (χ1v) is 4.87. The van der Waals surface area contributed by atoms with Crippen LogP contribution >= 0.6 is 0 Å². The number of rotatable bonds is 7. The lowest BCUT2D eigenvalue weighted by Crippen LogP contribution is -2.45. The lowest BCUT2D eigenvalue weighted by molar-refractivity contribution is -0.121. The summed E-state index contributed by atoms with van der Waals surface area (Å²) in [5.41, 5.74) is 5.21. The van der Waals surface area contributed by atoms with Crippen molar-refractivity contribution in [2.75, 3.05) is 13.2 Å². The number of primary amides is 1. The maximum Gasteiger partial charge on any atom is 0.236 e. The molecule has 1 aliphatic rings. The van der Waals surface area contributed by atoms with Crippen molar-refractivity contribution in [2.45, 2.75) is 38.3 Å². The topological polar surface area (TPSA) is 64.3 Å². The van der Waals surface area contributed by atoms with Crippen molar-refractivity contribution in [3.8, 4) is 0 Å². The predicted molar refractivity (Wildman–Crippen MR) is 50.3 cm³/mol. The zero-order chi connectivity index (χ0) is 9.68. The highest BCUT2D eigenvalue weighted by Gasteiger charge is 2.27. The number of hydrogen-bond acceptors (Lipinski definition) is 3. The maximum atomic E-state index is 10.9. The number of nitrogens with one attached hydrogen (secondary N) is 1. The molecule has 76 valence electrons. The summed E-state index contributed by atoms with van der Waals surface area (Å²) in [4.78, 5) is 10.9. The van der Waals surface area contributed by atoms with Crippen LogP contribution in [0.4, 0.5) is 0 Å². The number of amides is 1. The van der Waals surface area contributed by atoms with Crippen molar-refractivity contribution in [2.24, 2.45) is 5.73 Å². The normalized spacial score (nSPS) is 18.5. The molecule has 0 saturated heterocycles. The second-order valence-corrected chi connectivity index (χ2v) is 3.47. The summed E-state index contributed by atoms with van der Waals surface area (Å²) < 4.78 is 5.27. The van der Waals surface area contributed by atoms with Gasteiger partial charge in [-0.1, -0.05) is 6.92 Å². The zero-order valence-corrected chi connectivity index (χ0v) is 8.08. The molecule has 0 bridgehead atoms. The smallest absolute Gasteiger partial charge is 0.236 e. The Morgan fingerprint density at radius 3 is 2.85 bits per heavy atom. The summed E-state index contributed by atoms with van der Waals surface area (Å²) in [6.07, 6.45) is 3.27. The number of ether oxygens (including phenoxy) is 1. The average Bonchev–Trinajstić information content (AvgIpc) is 2.86. The van der Waals surface area contributed by atoms with Crippen LogP contribution in [0.2, 0.25) is 0 Å². The van der Waals surface area contributed by atoms with Crippen molar-refractivity contribution in [1.29, 1.82) is 0 Å². The quantitative estimate of drug-likeness (QED) is 0.551. The van der Waals surface area contributed by atoms with E-state index in [4.69, 9.17) is 10.5 Å². The van der Waals surface area contributed by atoms with Crippen LogP contribution < -0.4 is 11.1 Å². The molecule has 4 heteroatoms. The van der Waals surface area contributed by atoms with E-state index in [1.54, 1.807) is 0 Å². The monoisotopic (exact) mass is 186 g/mol. The fourth-order valence-corrected chi connectivity index (χ4v) is 1.09. The van der Waals surface area contributed by atoms with Gasteiger partial charge in [0.1, 0.15) is 6.04 Å². The Labute approximate surface area is 78.8 Å². The zero-order valence-electron chi connectivity index (χ0n) is 8.08. The molecule has 13 heavy (non-hydrogen) atoms. The molecule has 0 spiro atoms. The molecule has 0 aromatic carbocycles. The van der Waals surface area contributed by atoms with Crippen LogP contribution in [-0.2, 0) is 9.53 Å². The molecule has 1 amide bonds. The van der Waals surface area contributed by atoms with Crippen molar-refractivity contribution in [3.05, 3.63) is 0 Å². The van der Waals surface area contributed by atoms with Crippen LogP contribution in [0.25, 0.3) is 0 Å². The Balaban J connectivity index is 2.16. The van der Waals surface area contributed by atoms with Gasteiger partial charge in [0.15, 0.2) is 0 Å². The minimum atomic E-state index is -0.317. The Hall–Kier alpha value is -0.610. The van der Waals surface area contributed by atoms with Gasteiger partial charge in [0.2, 0.25) is 5.91 Å². The molecule has 4 nitrogen and oxygen atoms in total. The van der Waals surface area contributed by atoms with E-state index in [1.807, 2.05) is 6.92 Å². The van der Waals surface area contributed by atoms with E-state index in [-0.39, 0.29) is 11.9 Å². The third-order valence-electron chi connectivity index (χ3n) is 1.99. The number of nitrogens with two attached hydrogens (primary N) is 1. The molecule has 0 radical (unpaired) electrons. The summed E-state index contributed by atoms with van der Waals surface area (Å²) in [5.74, 6) is -0.317. The molecule has 1 saturated carbocycles. The van der Waals surface area contributed by atoms with Crippen LogP contribution in [0, 0.1) is 0 Å². The lowest BCUT2D eigenvalue weighted by atomic mass is 10.3. The van der Waals surface area contributed by atoms with E-state index in [9.17, 15) is 4.79 Å². The Bertz CT molecular complexity index is 169. The Kier molecular flexibility index (Phi) is 4.18. The van der Waals surface area contributed by atoms with E-state index >= 15 is 0 Å². The molecular weight excluding hydrogens is 168 g/mol. The van der Waals surface area contributed by atoms with Gasteiger partial charge in [-0.15, -0.1) is 0 Å². The maximum absolute atomic E-state index is 10.9. The van der Waals surface area contributed by atoms with E-state index in [2.05, 4.69) is 5.32 Å². The van der Waals surface area contributed by atoms with Gasteiger partial charge in [0.25, 0.3) is 0 Å². The van der Waals surface area contributed by atoms with Crippen LogP contribution in [0.1, 0.15) is 26.2 Å². The first-order chi connectivity index (χ1) is 6.24. The molecule has 0 aromatic heterocycles. The van der Waals surface area contributed by atoms with Crippen molar-refractivity contribution >= 4 is 5.91 Å². The van der Waals surface area contributed by atoms with E-state index < -0.39 is 0 Å². The fraction of sp³-hybridized carbons (Fsp3) is 0.889. The highest BCUT2D eigenvalue weighted by atomic mass is 16.5. The minimum absolute atomic E-state index is 0.306. The van der Waals surface area contributed by atoms with Gasteiger partial charge in [-0.2, -0.15) is 0 Å². The third-order valence-corrected chi connectivity index (χ3v) is 1.99. The van der Waals surface area contributed by atoms with Gasteiger partial charge in [-0.3, -0.25) is 4.79 Å². The molecule has 3 N–H and O–H groups in total. The third kappa shape index (κ3) is 4.24. The molecule has 0 aromatic rings. The molecule has 0 aliphatic heterocycles. The standard InChI is InChI=1S/C9H18N2O2/c1-2-5-13-6-8(9(10)12)11-7-3-4-7/h7-8,11H,2-6H2,1H3,(H2,10,12). The first kappa shape index (κ1) is 10.5. The van der Waals surface area contributed by atoms with E-state index in [1.165, 1.54) is 0 Å². The van der Waals surface area contributed by atoms with Gasteiger partial charge < -0.3 is 15.8 Å². The highest BCUT2D eigenvalue weighted by Crippen LogP contribution is 2.19. The lowest BCUT2D eigenvalue weighted by Gasteiger charge is -2.14. The molecular formula is C9H18N2O2. The molecule has 1 rings (SSSR count). The number of hydrogen-bond donors (Lipinski definition) is 2. The SMILES string of the molecule is CCCOCC(NC1CC1)C(N)=O. The van der Waals surface area contributed by atoms with Crippen LogP contribution in [-0.4, -0.2) is 31.2 Å². The average molecular weight is 186 g/mol. The van der Waals surface area contributed by atoms with Gasteiger partial charge in [-0.25, -0.2) is 0 Å². The van der Waals surface area contributed by atoms with Gasteiger partial charge in [-0.05, 0) is 19.3 Å². The second-order valence-electron chi connectivity index (χ2n) is 3.47. The molecule has 0 heterocycles. The first-order valence-electron chi connectivity index (χ1n) is 4.87. The summed E-state index contributed by atoms with van der Waals surface area (Å²) in [6.45, 7) is 3.13. The van der Waals surface area contributed by atoms with Gasteiger partial charge in [0.05, 0.1) is 6.61 Å². The number of carbonyl (C=O) groups is 1. The van der Waals surface area contributed by atoms with Gasteiger partial charge in [0, 0.05) is 12.6 Å². The summed E-state index contributed by atoms with van der Waals surface area (Å²) in [7, 11) is 0. The Morgan fingerprint density at radius 2 is 2.38 bits per heavy atom. The predicted octanol–water partition coefficient (Wildman–Crippen LogP) is 0.0189.